The summed E-state index contributed by atoms with van der Waals surface area (Å²) in [5.74, 6) is -0.773. The number of hydrogen-bond acceptors (Lipinski definition) is 9. The molecule has 4 rings (SSSR count). The van der Waals surface area contributed by atoms with Gasteiger partial charge in [0.2, 0.25) is 0 Å². The minimum Gasteiger partial charge on any atom is -0.462 e. The van der Waals surface area contributed by atoms with Gasteiger partial charge >= 0.3 is 19.4 Å². The normalized spacial score (nSPS) is 20.1. The third-order valence-corrected chi connectivity index (χ3v) is 8.47. The second-order valence-corrected chi connectivity index (χ2v) is 12.5. The van der Waals surface area contributed by atoms with E-state index in [9.17, 15) is 23.7 Å². The molecule has 0 bridgehead atoms. The van der Waals surface area contributed by atoms with E-state index in [2.05, 4.69) is 15.4 Å². The quantitative estimate of drug-likeness (QED) is 0.199. The molecule has 1 saturated heterocycles. The third-order valence-electron chi connectivity index (χ3n) is 6.83. The highest BCUT2D eigenvalue weighted by molar-refractivity contribution is 7.52. The number of esters is 1. The van der Waals surface area contributed by atoms with E-state index in [1.807, 2.05) is 13.0 Å². The molecule has 0 spiro atoms. The second kappa shape index (κ2) is 14.2. The van der Waals surface area contributed by atoms with Gasteiger partial charge in [0, 0.05) is 30.8 Å². The fraction of sp³-hybridized carbons (Fsp3) is 0.400. The first-order valence-electron chi connectivity index (χ1n) is 14.2. The van der Waals surface area contributed by atoms with Crippen LogP contribution in [0.2, 0.25) is 0 Å². The highest BCUT2D eigenvalue weighted by Crippen LogP contribution is 2.46. The van der Waals surface area contributed by atoms with Crippen molar-refractivity contribution in [2.24, 2.45) is 5.92 Å². The number of benzene rings is 2. The maximum Gasteiger partial charge on any atom is 0.459 e. The van der Waals surface area contributed by atoms with Crippen LogP contribution in [0.15, 0.2) is 70.4 Å². The van der Waals surface area contributed by atoms with Gasteiger partial charge in [0.05, 0.1) is 18.8 Å². The minimum atomic E-state index is -4.19. The first-order valence-corrected chi connectivity index (χ1v) is 15.7. The highest BCUT2D eigenvalue weighted by Gasteiger charge is 2.38. The summed E-state index contributed by atoms with van der Waals surface area (Å²) in [6.07, 6.45) is 0.201. The molecule has 0 saturated carbocycles. The van der Waals surface area contributed by atoms with Gasteiger partial charge in [-0.3, -0.25) is 28.5 Å². The number of carbonyl (C=O) groups excluding carboxylic acids is 2. The SMILES string of the molecule is CNC(=O)c1cccc(-c2ccc(OP(=O)(N[C@@H](C)C(=O)OC(C)C)OC[C@@H]3C[C@H](C)[C@H](n4ccc(=O)[nH]c4=O)O3)cc2)c1. The summed E-state index contributed by atoms with van der Waals surface area (Å²) < 4.78 is 38.2. The summed E-state index contributed by atoms with van der Waals surface area (Å²) in [5, 5.41) is 5.25. The van der Waals surface area contributed by atoms with Crippen LogP contribution in [0.5, 0.6) is 5.75 Å². The summed E-state index contributed by atoms with van der Waals surface area (Å²) in [6.45, 7) is 6.59. The number of nitrogens with one attached hydrogen (secondary N) is 3. The van der Waals surface area contributed by atoms with Crippen molar-refractivity contribution in [3.05, 3.63) is 87.2 Å². The minimum absolute atomic E-state index is 0.130. The Morgan fingerprint density at radius 2 is 1.82 bits per heavy atom. The van der Waals surface area contributed by atoms with Crippen molar-refractivity contribution in [3.8, 4) is 16.9 Å². The molecule has 14 heteroatoms. The fourth-order valence-electron chi connectivity index (χ4n) is 4.72. The zero-order valence-corrected chi connectivity index (χ0v) is 26.0. The Bertz CT molecular complexity index is 1640. The lowest BCUT2D eigenvalue weighted by atomic mass is 10.0. The smallest absolute Gasteiger partial charge is 0.459 e. The lowest BCUT2D eigenvalue weighted by Crippen LogP contribution is -2.36. The Morgan fingerprint density at radius 3 is 2.48 bits per heavy atom. The van der Waals surface area contributed by atoms with Gasteiger partial charge in [0.25, 0.3) is 11.5 Å². The van der Waals surface area contributed by atoms with Crippen LogP contribution in [-0.2, 0) is 23.4 Å². The van der Waals surface area contributed by atoms with E-state index in [-0.39, 0.29) is 30.3 Å². The topological polar surface area (TPSA) is 167 Å². The number of hydrogen-bond donors (Lipinski definition) is 3. The van der Waals surface area contributed by atoms with Gasteiger partial charge in [0.15, 0.2) is 0 Å². The van der Waals surface area contributed by atoms with Crippen LogP contribution in [0.4, 0.5) is 0 Å². The van der Waals surface area contributed by atoms with Crippen LogP contribution in [0.1, 0.15) is 50.7 Å². The molecular weight excluding hydrogens is 591 g/mol. The summed E-state index contributed by atoms with van der Waals surface area (Å²) in [5.41, 5.74) is 0.969. The number of carbonyl (C=O) groups is 2. The number of amides is 1. The predicted octanol–water partition coefficient (Wildman–Crippen LogP) is 3.62. The fourth-order valence-corrected chi connectivity index (χ4v) is 6.24. The van der Waals surface area contributed by atoms with Crippen molar-refractivity contribution in [2.45, 2.75) is 58.6 Å². The molecule has 13 nitrogen and oxygen atoms in total. The number of ether oxygens (including phenoxy) is 2. The molecule has 1 aliphatic rings. The average molecular weight is 629 g/mol. The van der Waals surface area contributed by atoms with Gasteiger partial charge in [-0.2, -0.15) is 5.09 Å². The maximum absolute atomic E-state index is 14.0. The first kappa shape index (κ1) is 32.9. The highest BCUT2D eigenvalue weighted by atomic mass is 31.2. The summed E-state index contributed by atoms with van der Waals surface area (Å²) in [7, 11) is -2.63. The van der Waals surface area contributed by atoms with Gasteiger partial charge in [-0.05, 0) is 62.6 Å². The van der Waals surface area contributed by atoms with Crippen molar-refractivity contribution in [1.29, 1.82) is 0 Å². The summed E-state index contributed by atoms with van der Waals surface area (Å²) >= 11 is 0. The van der Waals surface area contributed by atoms with Gasteiger partial charge in [0.1, 0.15) is 18.0 Å². The van der Waals surface area contributed by atoms with E-state index < -0.39 is 43.3 Å². The number of aromatic amines is 1. The molecule has 1 fully saturated rings. The molecule has 0 aliphatic carbocycles. The maximum atomic E-state index is 14.0. The van der Waals surface area contributed by atoms with Crippen LogP contribution < -0.4 is 26.2 Å². The first-order chi connectivity index (χ1) is 20.9. The van der Waals surface area contributed by atoms with E-state index in [1.54, 1.807) is 63.4 Å². The molecule has 236 valence electrons. The Hall–Kier alpha value is -4.03. The molecule has 3 aromatic rings. The molecule has 2 heterocycles. The zero-order valence-electron chi connectivity index (χ0n) is 25.1. The molecule has 1 aromatic heterocycles. The van der Waals surface area contributed by atoms with Crippen LogP contribution in [0.3, 0.4) is 0 Å². The standard InChI is InChI=1S/C30H37N4O9P/c1-18(2)41-29(37)20(4)33-44(39,40-17-25-15-19(3)28(42-25)34-14-13-26(35)32-30(34)38)43-24-11-9-21(10-12-24)22-7-6-8-23(16-22)27(36)31-5/h6-14,16,18-20,25,28H,15,17H2,1-5H3,(H,31,36)(H,33,39)(H,32,35,38)/t19-,20-,25-,28+,44?/m0/s1. The summed E-state index contributed by atoms with van der Waals surface area (Å²) in [4.78, 5) is 50.5. The Morgan fingerprint density at radius 1 is 1.09 bits per heavy atom. The zero-order chi connectivity index (χ0) is 32.0. The summed E-state index contributed by atoms with van der Waals surface area (Å²) in [6, 6.07) is 14.0. The van der Waals surface area contributed by atoms with E-state index in [0.29, 0.717) is 12.0 Å². The largest absolute Gasteiger partial charge is 0.462 e. The van der Waals surface area contributed by atoms with E-state index in [0.717, 1.165) is 11.1 Å². The van der Waals surface area contributed by atoms with Gasteiger partial charge in [-0.15, -0.1) is 0 Å². The molecule has 1 aliphatic heterocycles. The van der Waals surface area contributed by atoms with Gasteiger partial charge in [-0.1, -0.05) is 31.2 Å². The third kappa shape index (κ3) is 8.32. The van der Waals surface area contributed by atoms with Crippen molar-refractivity contribution in [3.63, 3.8) is 0 Å². The van der Waals surface area contributed by atoms with E-state index in [4.69, 9.17) is 18.5 Å². The Kier molecular flexibility index (Phi) is 10.6. The molecule has 1 unspecified atom stereocenters. The molecular formula is C30H37N4O9P. The number of nitrogens with zero attached hydrogens (tertiary/aromatic N) is 1. The van der Waals surface area contributed by atoms with Crippen molar-refractivity contribution in [2.75, 3.05) is 13.7 Å². The molecule has 2 aromatic carbocycles. The van der Waals surface area contributed by atoms with Crippen LogP contribution >= 0.6 is 7.75 Å². The number of rotatable bonds is 12. The van der Waals surface area contributed by atoms with Crippen molar-refractivity contribution in [1.82, 2.24) is 20.0 Å². The molecule has 44 heavy (non-hydrogen) atoms. The lowest BCUT2D eigenvalue weighted by molar-refractivity contribution is -0.149. The predicted molar refractivity (Wildman–Crippen MR) is 162 cm³/mol. The van der Waals surface area contributed by atoms with Crippen molar-refractivity contribution >= 4 is 19.6 Å². The second-order valence-electron chi connectivity index (χ2n) is 10.8. The Balaban J connectivity index is 1.50. The van der Waals surface area contributed by atoms with Gasteiger partial charge in [-0.25, -0.2) is 9.36 Å². The van der Waals surface area contributed by atoms with Crippen LogP contribution in [-0.4, -0.2) is 53.3 Å². The van der Waals surface area contributed by atoms with Crippen molar-refractivity contribution < 1.29 is 32.7 Å². The molecule has 0 radical (unpaired) electrons. The Labute approximate surface area is 254 Å². The molecule has 1 amide bonds. The molecule has 3 N–H and O–H groups in total. The van der Waals surface area contributed by atoms with Crippen LogP contribution in [0, 0.1) is 5.92 Å². The van der Waals surface area contributed by atoms with E-state index in [1.165, 1.54) is 23.8 Å². The van der Waals surface area contributed by atoms with E-state index >= 15 is 0 Å². The average Bonchev–Trinajstić information content (AvgIpc) is 3.35. The number of aromatic nitrogens is 2. The molecule has 5 atom stereocenters. The van der Waals surface area contributed by atoms with Gasteiger partial charge < -0.3 is 19.3 Å². The lowest BCUT2D eigenvalue weighted by Gasteiger charge is -2.24. The monoisotopic (exact) mass is 628 g/mol. The van der Waals surface area contributed by atoms with Crippen LogP contribution in [0.25, 0.3) is 11.1 Å². The number of H-pyrrole nitrogens is 1.